The summed E-state index contributed by atoms with van der Waals surface area (Å²) in [7, 11) is 0. The van der Waals surface area contributed by atoms with Gasteiger partial charge in [-0.3, -0.25) is 9.69 Å². The maximum absolute atomic E-state index is 11.7. The van der Waals surface area contributed by atoms with E-state index in [0.29, 0.717) is 18.9 Å². The molecule has 0 aliphatic heterocycles. The van der Waals surface area contributed by atoms with Crippen molar-refractivity contribution in [2.75, 3.05) is 19.6 Å². The number of carbonyl (C=O) groups excluding carboxylic acids is 1. The van der Waals surface area contributed by atoms with E-state index in [2.05, 4.69) is 31.0 Å². The standard InChI is InChI=1S/C13H29N3O/c1-6-16(9-10(2)3)12(8-14)7-13(17)15-11(4)5/h10-12H,6-9,14H2,1-5H3,(H,15,17). The topological polar surface area (TPSA) is 58.4 Å². The lowest BCUT2D eigenvalue weighted by Crippen LogP contribution is -2.46. The second-order valence-corrected chi connectivity index (χ2v) is 5.30. The third-order valence-corrected chi connectivity index (χ3v) is 2.66. The van der Waals surface area contributed by atoms with Crippen LogP contribution < -0.4 is 11.1 Å². The number of nitrogens with zero attached hydrogens (tertiary/aromatic N) is 1. The van der Waals surface area contributed by atoms with E-state index in [4.69, 9.17) is 5.73 Å². The molecule has 4 heteroatoms. The molecule has 0 aromatic rings. The average molecular weight is 243 g/mol. The van der Waals surface area contributed by atoms with E-state index in [1.54, 1.807) is 0 Å². The minimum atomic E-state index is 0.0951. The first-order chi connectivity index (χ1) is 7.90. The fraction of sp³-hybridized carbons (Fsp3) is 0.923. The number of rotatable bonds is 8. The molecule has 3 N–H and O–H groups in total. The Hall–Kier alpha value is -0.610. The van der Waals surface area contributed by atoms with Crippen LogP contribution in [0.3, 0.4) is 0 Å². The van der Waals surface area contributed by atoms with Gasteiger partial charge in [0.25, 0.3) is 0 Å². The third kappa shape index (κ3) is 7.34. The summed E-state index contributed by atoms with van der Waals surface area (Å²) in [5, 5.41) is 2.92. The molecule has 0 aromatic carbocycles. The lowest BCUT2D eigenvalue weighted by atomic mass is 10.1. The molecule has 4 nitrogen and oxygen atoms in total. The van der Waals surface area contributed by atoms with Crippen LogP contribution in [0.15, 0.2) is 0 Å². The quantitative estimate of drug-likeness (QED) is 0.673. The minimum absolute atomic E-state index is 0.0951. The van der Waals surface area contributed by atoms with Gasteiger partial charge in [0, 0.05) is 31.6 Å². The number of amides is 1. The summed E-state index contributed by atoms with van der Waals surface area (Å²) >= 11 is 0. The number of nitrogens with two attached hydrogens (primary N) is 1. The molecule has 0 radical (unpaired) electrons. The SMILES string of the molecule is CCN(CC(C)C)C(CN)CC(=O)NC(C)C. The Morgan fingerprint density at radius 2 is 1.88 bits per heavy atom. The van der Waals surface area contributed by atoms with Crippen LogP contribution in [0.5, 0.6) is 0 Å². The number of carbonyl (C=O) groups is 1. The molecule has 0 heterocycles. The molecule has 0 rings (SSSR count). The molecular weight excluding hydrogens is 214 g/mol. The van der Waals surface area contributed by atoms with Gasteiger partial charge < -0.3 is 11.1 Å². The summed E-state index contributed by atoms with van der Waals surface area (Å²) in [5.41, 5.74) is 5.78. The Morgan fingerprint density at radius 1 is 1.29 bits per heavy atom. The Morgan fingerprint density at radius 3 is 2.24 bits per heavy atom. The van der Waals surface area contributed by atoms with Crippen LogP contribution in [0.4, 0.5) is 0 Å². The fourth-order valence-corrected chi connectivity index (χ4v) is 1.96. The molecule has 0 saturated carbocycles. The molecule has 0 spiro atoms. The van der Waals surface area contributed by atoms with Gasteiger partial charge in [0.05, 0.1) is 0 Å². The minimum Gasteiger partial charge on any atom is -0.354 e. The summed E-state index contributed by atoms with van der Waals surface area (Å²) in [6.07, 6.45) is 0.495. The van der Waals surface area contributed by atoms with Crippen LogP contribution >= 0.6 is 0 Å². The Balaban J connectivity index is 4.32. The predicted molar refractivity (Wildman–Crippen MR) is 72.8 cm³/mol. The first kappa shape index (κ1) is 16.4. The van der Waals surface area contributed by atoms with Crippen molar-refractivity contribution in [3.05, 3.63) is 0 Å². The van der Waals surface area contributed by atoms with E-state index < -0.39 is 0 Å². The summed E-state index contributed by atoms with van der Waals surface area (Å²) in [5.74, 6) is 0.690. The van der Waals surface area contributed by atoms with E-state index in [-0.39, 0.29) is 18.0 Å². The van der Waals surface area contributed by atoms with Gasteiger partial charge in [-0.2, -0.15) is 0 Å². The van der Waals surface area contributed by atoms with Crippen LogP contribution in [0, 0.1) is 5.92 Å². The first-order valence-electron chi connectivity index (χ1n) is 6.64. The van der Waals surface area contributed by atoms with Crippen LogP contribution in [0.2, 0.25) is 0 Å². The predicted octanol–water partition coefficient (Wildman–Crippen LogP) is 1.21. The van der Waals surface area contributed by atoms with E-state index in [1.165, 1.54) is 0 Å². The summed E-state index contributed by atoms with van der Waals surface area (Å²) in [4.78, 5) is 14.0. The molecule has 0 aliphatic rings. The molecule has 17 heavy (non-hydrogen) atoms. The number of hydrogen-bond donors (Lipinski definition) is 2. The highest BCUT2D eigenvalue weighted by Gasteiger charge is 2.19. The Kier molecular flexibility index (Phi) is 8.17. The van der Waals surface area contributed by atoms with Gasteiger partial charge >= 0.3 is 0 Å². The van der Waals surface area contributed by atoms with Crippen LogP contribution in [-0.2, 0) is 4.79 Å². The van der Waals surface area contributed by atoms with Gasteiger partial charge in [0.1, 0.15) is 0 Å². The van der Waals surface area contributed by atoms with Crippen molar-refractivity contribution in [1.82, 2.24) is 10.2 Å². The van der Waals surface area contributed by atoms with Crippen LogP contribution in [-0.4, -0.2) is 42.5 Å². The highest BCUT2D eigenvalue weighted by molar-refractivity contribution is 5.76. The zero-order valence-electron chi connectivity index (χ0n) is 12.0. The van der Waals surface area contributed by atoms with E-state index in [9.17, 15) is 4.79 Å². The zero-order chi connectivity index (χ0) is 13.4. The molecule has 0 saturated heterocycles. The van der Waals surface area contributed by atoms with Gasteiger partial charge in [-0.05, 0) is 26.3 Å². The van der Waals surface area contributed by atoms with Crippen molar-refractivity contribution in [3.8, 4) is 0 Å². The number of hydrogen-bond acceptors (Lipinski definition) is 3. The van der Waals surface area contributed by atoms with Gasteiger partial charge in [-0.15, -0.1) is 0 Å². The van der Waals surface area contributed by atoms with Gasteiger partial charge in [-0.25, -0.2) is 0 Å². The smallest absolute Gasteiger partial charge is 0.221 e. The zero-order valence-corrected chi connectivity index (χ0v) is 12.0. The largest absolute Gasteiger partial charge is 0.354 e. The molecular formula is C13H29N3O. The molecule has 0 bridgehead atoms. The van der Waals surface area contributed by atoms with Crippen molar-refractivity contribution in [3.63, 3.8) is 0 Å². The van der Waals surface area contributed by atoms with E-state index in [0.717, 1.165) is 13.1 Å². The molecule has 0 aromatic heterocycles. The lowest BCUT2D eigenvalue weighted by molar-refractivity contribution is -0.122. The van der Waals surface area contributed by atoms with Gasteiger partial charge in [0.15, 0.2) is 0 Å². The summed E-state index contributed by atoms with van der Waals surface area (Å²) in [6.45, 7) is 12.9. The highest BCUT2D eigenvalue weighted by atomic mass is 16.1. The maximum Gasteiger partial charge on any atom is 0.221 e. The lowest BCUT2D eigenvalue weighted by Gasteiger charge is -2.31. The molecule has 0 fully saturated rings. The van der Waals surface area contributed by atoms with Crippen LogP contribution in [0.25, 0.3) is 0 Å². The number of likely N-dealkylation sites (N-methyl/N-ethyl adjacent to an activating group) is 1. The highest BCUT2D eigenvalue weighted by Crippen LogP contribution is 2.07. The van der Waals surface area contributed by atoms with Crippen molar-refractivity contribution >= 4 is 5.91 Å². The fourth-order valence-electron chi connectivity index (χ4n) is 1.96. The monoisotopic (exact) mass is 243 g/mol. The average Bonchev–Trinajstić information content (AvgIpc) is 2.21. The molecule has 0 aliphatic carbocycles. The molecule has 1 atom stereocenters. The van der Waals surface area contributed by atoms with E-state index >= 15 is 0 Å². The van der Waals surface area contributed by atoms with Crippen molar-refractivity contribution < 1.29 is 4.79 Å². The maximum atomic E-state index is 11.7. The van der Waals surface area contributed by atoms with Crippen molar-refractivity contribution in [2.24, 2.45) is 11.7 Å². The Bertz CT molecular complexity index is 217. The third-order valence-electron chi connectivity index (χ3n) is 2.66. The van der Waals surface area contributed by atoms with Crippen molar-refractivity contribution in [1.29, 1.82) is 0 Å². The van der Waals surface area contributed by atoms with Crippen LogP contribution in [0.1, 0.15) is 41.0 Å². The number of nitrogens with one attached hydrogen (secondary N) is 1. The van der Waals surface area contributed by atoms with Gasteiger partial charge in [-0.1, -0.05) is 20.8 Å². The second-order valence-electron chi connectivity index (χ2n) is 5.30. The molecule has 1 unspecified atom stereocenters. The Labute approximate surface area is 106 Å². The second kappa shape index (κ2) is 8.48. The van der Waals surface area contributed by atoms with Gasteiger partial charge in [0.2, 0.25) is 5.91 Å². The summed E-state index contributed by atoms with van der Waals surface area (Å²) < 4.78 is 0. The van der Waals surface area contributed by atoms with E-state index in [1.807, 2.05) is 13.8 Å². The van der Waals surface area contributed by atoms with Crippen molar-refractivity contribution in [2.45, 2.75) is 53.1 Å². The molecule has 1 amide bonds. The normalized spacial score (nSPS) is 13.5. The first-order valence-corrected chi connectivity index (χ1v) is 6.64. The molecule has 102 valence electrons. The summed E-state index contributed by atoms with van der Waals surface area (Å²) in [6, 6.07) is 0.349.